The van der Waals surface area contributed by atoms with Crippen LogP contribution >= 0.6 is 0 Å². The van der Waals surface area contributed by atoms with Gasteiger partial charge in [-0.05, 0) is 38.9 Å². The first kappa shape index (κ1) is 17.6. The van der Waals surface area contributed by atoms with E-state index < -0.39 is 20.6 Å². The van der Waals surface area contributed by atoms with Gasteiger partial charge in [0, 0.05) is 18.6 Å². The molecule has 0 heterocycles. The van der Waals surface area contributed by atoms with Crippen molar-refractivity contribution in [2.45, 2.75) is 36.7 Å². The molecule has 0 bridgehead atoms. The van der Waals surface area contributed by atoms with E-state index >= 15 is 0 Å². The van der Waals surface area contributed by atoms with Gasteiger partial charge in [-0.1, -0.05) is 0 Å². The average Bonchev–Trinajstić information content (AvgIpc) is 3.36. The summed E-state index contributed by atoms with van der Waals surface area (Å²) >= 11 is 0. The summed E-state index contributed by atoms with van der Waals surface area (Å²) in [7, 11) is -0.656. The summed E-state index contributed by atoms with van der Waals surface area (Å²) < 4.78 is 32.2. The van der Waals surface area contributed by atoms with Crippen LogP contribution in [0.1, 0.15) is 19.8 Å². The number of benzene rings is 1. The van der Waals surface area contributed by atoms with E-state index in [9.17, 15) is 18.5 Å². The van der Waals surface area contributed by atoms with Crippen LogP contribution in [0.25, 0.3) is 0 Å². The smallest absolute Gasteiger partial charge is 0.293 e. The summed E-state index contributed by atoms with van der Waals surface area (Å²) in [6.07, 6.45) is 2.25. The number of hydrogen-bond acceptors (Lipinski definition) is 6. The Kier molecular flexibility index (Phi) is 5.23. The predicted octanol–water partition coefficient (Wildman–Crippen LogP) is 1.36. The lowest BCUT2D eigenvalue weighted by atomic mass is 10.3. The number of nitro benzene ring substituents is 1. The molecule has 1 N–H and O–H groups in total. The SMILES string of the molecule is COc1ccc(S(=O)(=O)NC[C@H](C)N(C)C2CC2)c([N+](=O)[O-])c1. The van der Waals surface area contributed by atoms with Gasteiger partial charge in [-0.25, -0.2) is 13.1 Å². The monoisotopic (exact) mass is 343 g/mol. The Bertz CT molecular complexity index is 688. The molecule has 0 radical (unpaired) electrons. The molecule has 23 heavy (non-hydrogen) atoms. The van der Waals surface area contributed by atoms with Crippen LogP contribution < -0.4 is 9.46 Å². The molecule has 0 aliphatic heterocycles. The van der Waals surface area contributed by atoms with Gasteiger partial charge >= 0.3 is 0 Å². The van der Waals surface area contributed by atoms with Gasteiger partial charge in [0.15, 0.2) is 4.90 Å². The van der Waals surface area contributed by atoms with Crippen molar-refractivity contribution >= 4 is 15.7 Å². The van der Waals surface area contributed by atoms with E-state index in [0.717, 1.165) is 18.9 Å². The number of hydrogen-bond donors (Lipinski definition) is 1. The van der Waals surface area contributed by atoms with E-state index in [0.29, 0.717) is 6.04 Å². The molecule has 0 amide bonds. The quantitative estimate of drug-likeness (QED) is 0.565. The first-order valence-electron chi connectivity index (χ1n) is 7.30. The third kappa shape index (κ3) is 4.18. The van der Waals surface area contributed by atoms with Crippen LogP contribution in [0.3, 0.4) is 0 Å². The molecule has 1 aliphatic carbocycles. The van der Waals surface area contributed by atoms with Crippen LogP contribution in [0.4, 0.5) is 5.69 Å². The predicted molar refractivity (Wildman–Crippen MR) is 85.1 cm³/mol. The molecule has 9 heteroatoms. The zero-order chi connectivity index (χ0) is 17.2. The maximum atomic E-state index is 12.4. The summed E-state index contributed by atoms with van der Waals surface area (Å²) in [6.45, 7) is 2.11. The minimum Gasteiger partial charge on any atom is -0.497 e. The van der Waals surface area contributed by atoms with Crippen molar-refractivity contribution in [2.75, 3.05) is 20.7 Å². The molecule has 1 atom stereocenters. The molecular weight excluding hydrogens is 322 g/mol. The molecule has 2 rings (SSSR count). The fourth-order valence-electron chi connectivity index (χ4n) is 2.29. The highest BCUT2D eigenvalue weighted by Crippen LogP contribution is 2.29. The fraction of sp³-hybridized carbons (Fsp3) is 0.571. The average molecular weight is 343 g/mol. The van der Waals surface area contributed by atoms with Crippen LogP contribution in [-0.2, 0) is 10.0 Å². The van der Waals surface area contributed by atoms with Crippen molar-refractivity contribution in [1.82, 2.24) is 9.62 Å². The Labute approximate surface area is 135 Å². The largest absolute Gasteiger partial charge is 0.497 e. The second-order valence-corrected chi connectivity index (χ2v) is 7.42. The topological polar surface area (TPSA) is 102 Å². The second kappa shape index (κ2) is 6.81. The lowest BCUT2D eigenvalue weighted by molar-refractivity contribution is -0.387. The van der Waals surface area contributed by atoms with Crippen LogP contribution in [0, 0.1) is 10.1 Å². The van der Waals surface area contributed by atoms with Gasteiger partial charge < -0.3 is 4.74 Å². The van der Waals surface area contributed by atoms with Crippen molar-refractivity contribution in [2.24, 2.45) is 0 Å². The molecule has 8 nitrogen and oxygen atoms in total. The summed E-state index contributed by atoms with van der Waals surface area (Å²) in [6, 6.07) is 4.20. The standard InChI is InChI=1S/C14H21N3O5S/c1-10(16(2)11-4-5-11)9-15-23(20,21)14-7-6-12(22-3)8-13(14)17(18)19/h6-8,10-11,15H,4-5,9H2,1-3H3/t10-/m0/s1. The first-order chi connectivity index (χ1) is 10.8. The Morgan fingerprint density at radius 2 is 2.13 bits per heavy atom. The summed E-state index contributed by atoms with van der Waals surface area (Å²) in [4.78, 5) is 12.2. The maximum Gasteiger partial charge on any atom is 0.293 e. The van der Waals surface area contributed by atoms with Gasteiger partial charge in [0.25, 0.3) is 5.69 Å². The number of rotatable bonds is 8. The van der Waals surface area contributed by atoms with Gasteiger partial charge in [0.2, 0.25) is 10.0 Å². The third-order valence-electron chi connectivity index (χ3n) is 4.04. The second-order valence-electron chi connectivity index (χ2n) is 5.69. The number of methoxy groups -OCH3 is 1. The van der Waals surface area contributed by atoms with Crippen LogP contribution in [0.2, 0.25) is 0 Å². The van der Waals surface area contributed by atoms with Crippen molar-refractivity contribution < 1.29 is 18.1 Å². The fourth-order valence-corrected chi connectivity index (χ4v) is 3.56. The maximum absolute atomic E-state index is 12.4. The molecule has 128 valence electrons. The number of sulfonamides is 1. The third-order valence-corrected chi connectivity index (χ3v) is 5.51. The normalized spacial score (nSPS) is 16.3. The van der Waals surface area contributed by atoms with E-state index in [1.54, 1.807) is 0 Å². The molecule has 1 aliphatic rings. The highest BCUT2D eigenvalue weighted by atomic mass is 32.2. The van der Waals surface area contributed by atoms with Gasteiger partial charge in [-0.15, -0.1) is 0 Å². The summed E-state index contributed by atoms with van der Waals surface area (Å²) in [5, 5.41) is 11.1. The molecule has 1 aromatic carbocycles. The van der Waals surface area contributed by atoms with Crippen molar-refractivity contribution in [3.05, 3.63) is 28.3 Å². The number of ether oxygens (including phenoxy) is 1. The van der Waals surface area contributed by atoms with Gasteiger partial charge in [-0.3, -0.25) is 15.0 Å². The Hall–Kier alpha value is -1.71. The first-order valence-corrected chi connectivity index (χ1v) is 8.78. The zero-order valence-electron chi connectivity index (χ0n) is 13.4. The highest BCUT2D eigenvalue weighted by Gasteiger charge is 2.31. The van der Waals surface area contributed by atoms with E-state index in [4.69, 9.17) is 4.74 Å². The van der Waals surface area contributed by atoms with E-state index in [1.165, 1.54) is 19.2 Å². The lowest BCUT2D eigenvalue weighted by Gasteiger charge is -2.24. The summed E-state index contributed by atoms with van der Waals surface area (Å²) in [5.41, 5.74) is -0.500. The molecule has 1 saturated carbocycles. The lowest BCUT2D eigenvalue weighted by Crippen LogP contribution is -2.41. The number of nitrogens with one attached hydrogen (secondary N) is 1. The van der Waals surface area contributed by atoms with Gasteiger partial charge in [0.1, 0.15) is 5.75 Å². The molecular formula is C14H21N3O5S. The minimum atomic E-state index is -3.97. The van der Waals surface area contributed by atoms with Crippen molar-refractivity contribution in [3.8, 4) is 5.75 Å². The number of nitrogens with zero attached hydrogens (tertiary/aromatic N) is 2. The van der Waals surface area contributed by atoms with Crippen LogP contribution in [0.5, 0.6) is 5.75 Å². The minimum absolute atomic E-state index is 0.00887. The Balaban J connectivity index is 2.16. The summed E-state index contributed by atoms with van der Waals surface area (Å²) in [5.74, 6) is 0.234. The van der Waals surface area contributed by atoms with E-state index in [1.807, 2.05) is 14.0 Å². The Morgan fingerprint density at radius 3 is 2.65 bits per heavy atom. The van der Waals surface area contributed by atoms with Crippen LogP contribution in [-0.4, -0.2) is 51.0 Å². The molecule has 0 aromatic heterocycles. The van der Waals surface area contributed by atoms with E-state index in [-0.39, 0.29) is 23.2 Å². The molecule has 0 saturated heterocycles. The zero-order valence-corrected chi connectivity index (χ0v) is 14.2. The van der Waals surface area contributed by atoms with Crippen molar-refractivity contribution in [1.29, 1.82) is 0 Å². The van der Waals surface area contributed by atoms with Gasteiger partial charge in [0.05, 0.1) is 18.1 Å². The molecule has 0 spiro atoms. The molecule has 1 aromatic rings. The van der Waals surface area contributed by atoms with Crippen molar-refractivity contribution in [3.63, 3.8) is 0 Å². The van der Waals surface area contributed by atoms with Crippen LogP contribution in [0.15, 0.2) is 23.1 Å². The number of nitro groups is 1. The van der Waals surface area contributed by atoms with Gasteiger partial charge in [-0.2, -0.15) is 0 Å². The molecule has 1 fully saturated rings. The number of likely N-dealkylation sites (N-methyl/N-ethyl adjacent to an activating group) is 1. The Morgan fingerprint density at radius 1 is 1.48 bits per heavy atom. The highest BCUT2D eigenvalue weighted by molar-refractivity contribution is 7.89. The molecule has 0 unspecified atom stereocenters. The van der Waals surface area contributed by atoms with E-state index in [2.05, 4.69) is 9.62 Å².